The fourth-order valence-electron chi connectivity index (χ4n) is 9.82. The van der Waals surface area contributed by atoms with Gasteiger partial charge in [0.2, 0.25) is 0 Å². The van der Waals surface area contributed by atoms with E-state index in [-0.39, 0.29) is 0 Å². The van der Waals surface area contributed by atoms with Crippen LogP contribution in [0.25, 0.3) is 93.9 Å². The van der Waals surface area contributed by atoms with Gasteiger partial charge in [-0.05, 0) is 101 Å². The Bertz CT molecular complexity index is 3610. The SMILES string of the molecule is Cc1cc(-c2ccccc2)cc(-c2ccccc2)c1N(c1ccc(-c2ccccc2)cc1)c1ccc2c(oc3ccccc32)c1-c1ccccc1-n1c2ccccc2c2ccccc21. The summed E-state index contributed by atoms with van der Waals surface area (Å²) in [5.74, 6) is 0. The Morgan fingerprint density at radius 3 is 1.59 bits per heavy atom. The molecule has 0 spiro atoms. The number of aromatic nitrogens is 1. The number of nitrogens with zero attached hydrogens (tertiary/aromatic N) is 2. The van der Waals surface area contributed by atoms with E-state index < -0.39 is 0 Å². The Kier molecular flexibility index (Phi) is 9.05. The highest BCUT2D eigenvalue weighted by Gasteiger charge is 2.28. The molecule has 3 nitrogen and oxygen atoms in total. The third-order valence-corrected chi connectivity index (χ3v) is 12.7. The van der Waals surface area contributed by atoms with Gasteiger partial charge in [0.15, 0.2) is 0 Å². The maximum atomic E-state index is 7.11. The van der Waals surface area contributed by atoms with Gasteiger partial charge in [0.1, 0.15) is 11.2 Å². The van der Waals surface area contributed by atoms with Crippen LogP contribution in [0.1, 0.15) is 5.56 Å². The summed E-state index contributed by atoms with van der Waals surface area (Å²) in [5, 5.41) is 4.60. The number of rotatable bonds is 8. The number of anilines is 3. The highest BCUT2D eigenvalue weighted by atomic mass is 16.3. The number of benzene rings is 10. The summed E-state index contributed by atoms with van der Waals surface area (Å²) in [6.45, 7) is 2.25. The van der Waals surface area contributed by atoms with Crippen molar-refractivity contribution in [1.29, 1.82) is 0 Å². The summed E-state index contributed by atoms with van der Waals surface area (Å²) < 4.78 is 9.54. The highest BCUT2D eigenvalue weighted by molar-refractivity contribution is 6.15. The Hall–Kier alpha value is -8.40. The second kappa shape index (κ2) is 15.5. The molecule has 2 heterocycles. The van der Waals surface area contributed by atoms with Crippen LogP contribution >= 0.6 is 0 Å². The van der Waals surface area contributed by atoms with Crippen molar-refractivity contribution in [2.45, 2.75) is 6.92 Å². The first-order valence-corrected chi connectivity index (χ1v) is 21.9. The minimum absolute atomic E-state index is 0.845. The van der Waals surface area contributed by atoms with Crippen molar-refractivity contribution in [1.82, 2.24) is 4.57 Å². The van der Waals surface area contributed by atoms with E-state index in [4.69, 9.17) is 4.42 Å². The molecular formula is C61H42N2O. The van der Waals surface area contributed by atoms with Gasteiger partial charge in [0.05, 0.1) is 33.7 Å². The molecule has 0 atom stereocenters. The zero-order valence-electron chi connectivity index (χ0n) is 35.3. The number of aryl methyl sites for hydroxylation is 1. The van der Waals surface area contributed by atoms with Gasteiger partial charge >= 0.3 is 0 Å². The van der Waals surface area contributed by atoms with Gasteiger partial charge in [-0.25, -0.2) is 0 Å². The molecule has 0 bridgehead atoms. The van der Waals surface area contributed by atoms with E-state index >= 15 is 0 Å². The number of hydrogen-bond acceptors (Lipinski definition) is 2. The second-order valence-corrected chi connectivity index (χ2v) is 16.5. The standard InChI is InChI=1S/C61H42N2O/c1-41-39-46(43-21-7-3-8-22-43)40-53(45-23-9-4-10-24-45)60(41)62(47-35-33-44(34-36-47)42-19-5-2-6-20-42)57-38-37-51-50-27-14-18-32-58(50)64-61(51)59(57)52-28-13-17-31-56(52)63-54-29-15-11-25-48(54)49-26-12-16-30-55(49)63/h2-40H,1H3. The highest BCUT2D eigenvalue weighted by Crippen LogP contribution is 2.52. The zero-order chi connectivity index (χ0) is 42.6. The summed E-state index contributed by atoms with van der Waals surface area (Å²) in [4.78, 5) is 2.48. The average Bonchev–Trinajstić information content (AvgIpc) is 3.91. The smallest absolute Gasteiger partial charge is 0.145 e. The minimum Gasteiger partial charge on any atom is -0.455 e. The van der Waals surface area contributed by atoms with Crippen LogP contribution < -0.4 is 4.90 Å². The van der Waals surface area contributed by atoms with Gasteiger partial charge in [-0.3, -0.25) is 0 Å². The first-order valence-electron chi connectivity index (χ1n) is 21.9. The van der Waals surface area contributed by atoms with Crippen LogP contribution in [0.4, 0.5) is 17.1 Å². The van der Waals surface area contributed by atoms with E-state index in [9.17, 15) is 0 Å². The van der Waals surface area contributed by atoms with E-state index in [0.29, 0.717) is 0 Å². The van der Waals surface area contributed by atoms with E-state index in [2.05, 4.69) is 253 Å². The van der Waals surface area contributed by atoms with Crippen molar-refractivity contribution in [3.05, 3.63) is 242 Å². The summed E-state index contributed by atoms with van der Waals surface area (Å²) in [6, 6.07) is 85.2. The Morgan fingerprint density at radius 1 is 0.391 bits per heavy atom. The summed E-state index contributed by atoms with van der Waals surface area (Å²) in [5.41, 5.74) is 18.4. The molecule has 3 heteroatoms. The van der Waals surface area contributed by atoms with Gasteiger partial charge in [0, 0.05) is 38.4 Å². The van der Waals surface area contributed by atoms with E-state index in [1.807, 2.05) is 0 Å². The van der Waals surface area contributed by atoms with Crippen LogP contribution in [0.3, 0.4) is 0 Å². The monoisotopic (exact) mass is 818 g/mol. The second-order valence-electron chi connectivity index (χ2n) is 16.5. The largest absolute Gasteiger partial charge is 0.455 e. The molecule has 64 heavy (non-hydrogen) atoms. The summed E-state index contributed by atoms with van der Waals surface area (Å²) >= 11 is 0. The molecule has 0 saturated heterocycles. The quantitative estimate of drug-likeness (QED) is 0.152. The number of hydrogen-bond donors (Lipinski definition) is 0. The predicted molar refractivity (Wildman–Crippen MR) is 269 cm³/mol. The first-order chi connectivity index (χ1) is 31.7. The van der Waals surface area contributed by atoms with Gasteiger partial charge in [0.25, 0.3) is 0 Å². The molecule has 0 amide bonds. The molecule has 302 valence electrons. The van der Waals surface area contributed by atoms with Gasteiger partial charge in [-0.1, -0.05) is 176 Å². The maximum Gasteiger partial charge on any atom is 0.145 e. The molecule has 0 radical (unpaired) electrons. The van der Waals surface area contributed by atoms with Crippen LogP contribution in [0.15, 0.2) is 241 Å². The molecule has 0 fully saturated rings. The molecule has 0 aliphatic heterocycles. The van der Waals surface area contributed by atoms with Crippen molar-refractivity contribution >= 4 is 60.8 Å². The zero-order valence-corrected chi connectivity index (χ0v) is 35.3. The van der Waals surface area contributed by atoms with Crippen molar-refractivity contribution in [2.24, 2.45) is 0 Å². The number of fused-ring (bicyclic) bond motifs is 6. The Labute approximate surface area is 372 Å². The molecule has 2 aromatic heterocycles. The van der Waals surface area contributed by atoms with Crippen molar-refractivity contribution < 1.29 is 4.42 Å². The lowest BCUT2D eigenvalue weighted by Gasteiger charge is -2.32. The fraction of sp³-hybridized carbons (Fsp3) is 0.0164. The molecular weight excluding hydrogens is 777 g/mol. The van der Waals surface area contributed by atoms with E-state index in [0.717, 1.165) is 89.1 Å². The van der Waals surface area contributed by atoms with Crippen LogP contribution in [0.2, 0.25) is 0 Å². The van der Waals surface area contributed by atoms with Gasteiger partial charge < -0.3 is 13.9 Å². The summed E-state index contributed by atoms with van der Waals surface area (Å²) in [7, 11) is 0. The molecule has 12 rings (SSSR count). The van der Waals surface area contributed by atoms with Crippen molar-refractivity contribution in [3.8, 4) is 50.2 Å². The van der Waals surface area contributed by atoms with Gasteiger partial charge in [-0.2, -0.15) is 0 Å². The van der Waals surface area contributed by atoms with Crippen LogP contribution in [-0.4, -0.2) is 4.57 Å². The molecule has 0 unspecified atom stereocenters. The first kappa shape index (κ1) is 37.4. The van der Waals surface area contributed by atoms with Crippen LogP contribution in [0, 0.1) is 6.92 Å². The molecule has 12 aromatic rings. The lowest BCUT2D eigenvalue weighted by molar-refractivity contribution is 0.670. The lowest BCUT2D eigenvalue weighted by Crippen LogP contribution is -2.14. The van der Waals surface area contributed by atoms with Crippen LogP contribution in [-0.2, 0) is 0 Å². The van der Waals surface area contributed by atoms with E-state index in [1.165, 1.54) is 27.5 Å². The number of para-hydroxylation sites is 4. The lowest BCUT2D eigenvalue weighted by atomic mass is 9.91. The van der Waals surface area contributed by atoms with Crippen molar-refractivity contribution in [3.63, 3.8) is 0 Å². The fourth-order valence-corrected chi connectivity index (χ4v) is 9.82. The maximum absolute atomic E-state index is 7.11. The Balaban J connectivity index is 1.20. The van der Waals surface area contributed by atoms with Crippen molar-refractivity contribution in [2.75, 3.05) is 4.90 Å². The average molecular weight is 819 g/mol. The number of furan rings is 1. The third-order valence-electron chi connectivity index (χ3n) is 12.7. The molecule has 0 N–H and O–H groups in total. The topological polar surface area (TPSA) is 21.3 Å². The summed E-state index contributed by atoms with van der Waals surface area (Å²) in [6.07, 6.45) is 0. The Morgan fingerprint density at radius 2 is 0.922 bits per heavy atom. The van der Waals surface area contributed by atoms with Gasteiger partial charge in [-0.15, -0.1) is 0 Å². The normalized spacial score (nSPS) is 11.5. The molecule has 0 aliphatic rings. The van der Waals surface area contributed by atoms with E-state index in [1.54, 1.807) is 0 Å². The van der Waals surface area contributed by atoms with Crippen LogP contribution in [0.5, 0.6) is 0 Å². The molecule has 0 saturated carbocycles. The molecule has 0 aliphatic carbocycles. The third kappa shape index (κ3) is 6.20. The minimum atomic E-state index is 0.845. The molecule has 10 aromatic carbocycles. The predicted octanol–water partition coefficient (Wildman–Crippen LogP) is 17.1.